The van der Waals surface area contributed by atoms with Crippen LogP contribution in [0.1, 0.15) is 27.6 Å². The van der Waals surface area contributed by atoms with E-state index in [1.54, 1.807) is 42.6 Å². The number of anilines is 1. The number of benzene rings is 1. The van der Waals surface area contributed by atoms with Crippen molar-refractivity contribution in [1.29, 1.82) is 0 Å². The summed E-state index contributed by atoms with van der Waals surface area (Å²) < 4.78 is 0. The molecule has 2 aromatic rings. The Morgan fingerprint density at radius 2 is 1.80 bits per heavy atom. The second-order valence-electron chi connectivity index (χ2n) is 4.12. The van der Waals surface area contributed by atoms with Gasteiger partial charge in [0.1, 0.15) is 5.03 Å². The molecule has 102 valence electrons. The highest BCUT2D eigenvalue weighted by Gasteiger charge is 2.14. The van der Waals surface area contributed by atoms with Gasteiger partial charge in [0.15, 0.2) is 5.78 Å². The number of Topliss-reactive ketones (excluding diaryl/α,β-unsaturated/α-hetero) is 1. The molecule has 2 rings (SSSR count). The average molecular weight is 286 g/mol. The van der Waals surface area contributed by atoms with Crippen molar-refractivity contribution in [3.05, 3.63) is 53.7 Å². The molecule has 20 heavy (non-hydrogen) atoms. The minimum atomic E-state index is -0.267. The smallest absolute Gasteiger partial charge is 0.258 e. The number of amides is 1. The van der Waals surface area contributed by atoms with Crippen molar-refractivity contribution < 1.29 is 9.59 Å². The standard InChI is InChI=1S/C15H14N2O2S/c1-10(18)11-6-3-4-8-13(11)17-14(19)12-7-5-9-16-15(12)20-2/h3-9H,1-2H3,(H,17,19). The lowest BCUT2D eigenvalue weighted by Gasteiger charge is -2.10. The fourth-order valence-corrected chi connectivity index (χ4v) is 2.36. The van der Waals surface area contributed by atoms with Gasteiger partial charge >= 0.3 is 0 Å². The molecule has 1 aromatic carbocycles. The van der Waals surface area contributed by atoms with E-state index in [0.29, 0.717) is 21.8 Å². The maximum absolute atomic E-state index is 12.3. The Balaban J connectivity index is 2.31. The van der Waals surface area contributed by atoms with E-state index in [-0.39, 0.29) is 11.7 Å². The fraction of sp³-hybridized carbons (Fsp3) is 0.133. The monoisotopic (exact) mass is 286 g/mol. The maximum Gasteiger partial charge on any atom is 0.258 e. The van der Waals surface area contributed by atoms with Crippen LogP contribution >= 0.6 is 11.8 Å². The number of hydrogen-bond donors (Lipinski definition) is 1. The van der Waals surface area contributed by atoms with E-state index in [9.17, 15) is 9.59 Å². The van der Waals surface area contributed by atoms with Gasteiger partial charge in [-0.2, -0.15) is 0 Å². The zero-order valence-corrected chi connectivity index (χ0v) is 12.0. The number of hydrogen-bond acceptors (Lipinski definition) is 4. The van der Waals surface area contributed by atoms with Gasteiger partial charge in [-0.1, -0.05) is 12.1 Å². The summed E-state index contributed by atoms with van der Waals surface area (Å²) in [5, 5.41) is 3.43. The van der Waals surface area contributed by atoms with Gasteiger partial charge in [0.25, 0.3) is 5.91 Å². The van der Waals surface area contributed by atoms with Gasteiger partial charge in [-0.3, -0.25) is 9.59 Å². The molecular formula is C15H14N2O2S. The molecule has 0 radical (unpaired) electrons. The summed E-state index contributed by atoms with van der Waals surface area (Å²) in [5.74, 6) is -0.353. The summed E-state index contributed by atoms with van der Waals surface area (Å²) >= 11 is 1.41. The van der Waals surface area contributed by atoms with Gasteiger partial charge in [-0.15, -0.1) is 11.8 Å². The molecule has 0 fully saturated rings. The van der Waals surface area contributed by atoms with Crippen LogP contribution in [-0.2, 0) is 0 Å². The summed E-state index contributed by atoms with van der Waals surface area (Å²) in [6.07, 6.45) is 3.51. The van der Waals surface area contributed by atoms with Crippen molar-refractivity contribution in [1.82, 2.24) is 4.98 Å². The van der Waals surface area contributed by atoms with Crippen LogP contribution in [0.2, 0.25) is 0 Å². The molecule has 0 spiro atoms. The number of nitrogens with one attached hydrogen (secondary N) is 1. The minimum absolute atomic E-state index is 0.0859. The van der Waals surface area contributed by atoms with Gasteiger partial charge in [-0.25, -0.2) is 4.98 Å². The third-order valence-electron chi connectivity index (χ3n) is 2.76. The number of para-hydroxylation sites is 1. The highest BCUT2D eigenvalue weighted by Crippen LogP contribution is 2.20. The normalized spacial score (nSPS) is 10.1. The largest absolute Gasteiger partial charge is 0.321 e. The molecule has 1 aromatic heterocycles. The summed E-state index contributed by atoms with van der Waals surface area (Å²) in [6, 6.07) is 10.4. The zero-order chi connectivity index (χ0) is 14.5. The molecule has 1 amide bonds. The Bertz CT molecular complexity index is 656. The van der Waals surface area contributed by atoms with E-state index in [0.717, 1.165) is 0 Å². The van der Waals surface area contributed by atoms with E-state index in [4.69, 9.17) is 0 Å². The van der Waals surface area contributed by atoms with Crippen LogP contribution in [0.5, 0.6) is 0 Å². The Morgan fingerprint density at radius 3 is 2.50 bits per heavy atom. The van der Waals surface area contributed by atoms with Crippen molar-refractivity contribution in [2.75, 3.05) is 11.6 Å². The van der Waals surface area contributed by atoms with Gasteiger partial charge in [0, 0.05) is 11.8 Å². The maximum atomic E-state index is 12.3. The first-order valence-corrected chi connectivity index (χ1v) is 7.26. The lowest BCUT2D eigenvalue weighted by molar-refractivity contribution is 0.101. The number of nitrogens with zero attached hydrogens (tertiary/aromatic N) is 1. The van der Waals surface area contributed by atoms with Crippen LogP contribution in [0, 0.1) is 0 Å². The van der Waals surface area contributed by atoms with Crippen LogP contribution in [0.15, 0.2) is 47.6 Å². The molecule has 0 unspecified atom stereocenters. The predicted octanol–water partition coefficient (Wildman–Crippen LogP) is 3.26. The molecular weight excluding hydrogens is 272 g/mol. The molecule has 1 heterocycles. The van der Waals surface area contributed by atoms with Gasteiger partial charge < -0.3 is 5.32 Å². The molecule has 0 aliphatic carbocycles. The number of carbonyl (C=O) groups is 2. The summed E-state index contributed by atoms with van der Waals surface area (Å²) in [6.45, 7) is 1.47. The molecule has 0 aliphatic heterocycles. The molecule has 0 atom stereocenters. The molecule has 4 nitrogen and oxygen atoms in total. The molecule has 0 saturated carbocycles. The number of thioether (sulfide) groups is 1. The third-order valence-corrected chi connectivity index (χ3v) is 3.48. The summed E-state index contributed by atoms with van der Waals surface area (Å²) in [5.41, 5.74) is 1.51. The fourth-order valence-electron chi connectivity index (χ4n) is 1.82. The number of pyridine rings is 1. The average Bonchev–Trinajstić information content (AvgIpc) is 2.47. The zero-order valence-electron chi connectivity index (χ0n) is 11.2. The van der Waals surface area contributed by atoms with Crippen LogP contribution < -0.4 is 5.32 Å². The van der Waals surface area contributed by atoms with Crippen molar-refractivity contribution in [3.8, 4) is 0 Å². The van der Waals surface area contributed by atoms with E-state index in [1.807, 2.05) is 6.26 Å². The van der Waals surface area contributed by atoms with Crippen LogP contribution in [0.25, 0.3) is 0 Å². The van der Waals surface area contributed by atoms with Crippen molar-refractivity contribution in [2.45, 2.75) is 11.9 Å². The van der Waals surface area contributed by atoms with Gasteiger partial charge in [0.2, 0.25) is 0 Å². The Morgan fingerprint density at radius 1 is 1.10 bits per heavy atom. The molecule has 0 saturated heterocycles. The minimum Gasteiger partial charge on any atom is -0.321 e. The first-order valence-electron chi connectivity index (χ1n) is 6.04. The Hall–Kier alpha value is -2.14. The van der Waals surface area contributed by atoms with Gasteiger partial charge in [-0.05, 0) is 37.4 Å². The lowest BCUT2D eigenvalue weighted by Crippen LogP contribution is -2.15. The van der Waals surface area contributed by atoms with E-state index >= 15 is 0 Å². The van der Waals surface area contributed by atoms with Crippen LogP contribution in [-0.4, -0.2) is 22.9 Å². The van der Waals surface area contributed by atoms with Crippen molar-refractivity contribution in [2.24, 2.45) is 0 Å². The summed E-state index contributed by atoms with van der Waals surface area (Å²) in [4.78, 5) is 28.0. The highest BCUT2D eigenvalue weighted by atomic mass is 32.2. The summed E-state index contributed by atoms with van der Waals surface area (Å²) in [7, 11) is 0. The van der Waals surface area contributed by atoms with Gasteiger partial charge in [0.05, 0.1) is 11.3 Å². The highest BCUT2D eigenvalue weighted by molar-refractivity contribution is 7.98. The SMILES string of the molecule is CSc1ncccc1C(=O)Nc1ccccc1C(C)=O. The van der Waals surface area contributed by atoms with Crippen molar-refractivity contribution >= 4 is 29.1 Å². The second-order valence-corrected chi connectivity index (χ2v) is 4.91. The van der Waals surface area contributed by atoms with E-state index in [2.05, 4.69) is 10.3 Å². The van der Waals surface area contributed by atoms with Crippen LogP contribution in [0.3, 0.4) is 0 Å². The molecule has 0 aliphatic rings. The second kappa shape index (κ2) is 6.34. The van der Waals surface area contributed by atoms with Crippen LogP contribution in [0.4, 0.5) is 5.69 Å². The Labute approximate surface area is 121 Å². The predicted molar refractivity (Wildman–Crippen MR) is 80.4 cm³/mol. The third kappa shape index (κ3) is 3.05. The number of carbonyl (C=O) groups excluding carboxylic acids is 2. The molecule has 0 bridgehead atoms. The molecule has 5 heteroatoms. The first-order chi connectivity index (χ1) is 9.63. The molecule has 1 N–H and O–H groups in total. The quantitative estimate of drug-likeness (QED) is 0.692. The first kappa shape index (κ1) is 14.3. The number of ketones is 1. The lowest BCUT2D eigenvalue weighted by atomic mass is 10.1. The number of aromatic nitrogens is 1. The van der Waals surface area contributed by atoms with E-state index in [1.165, 1.54) is 18.7 Å². The van der Waals surface area contributed by atoms with Crippen molar-refractivity contribution in [3.63, 3.8) is 0 Å². The Kier molecular flexibility index (Phi) is 4.53. The van der Waals surface area contributed by atoms with E-state index < -0.39 is 0 Å². The topological polar surface area (TPSA) is 59.1 Å². The number of rotatable bonds is 4.